The maximum atomic E-state index is 12.9. The first kappa shape index (κ1) is 24.0. The third-order valence-corrected chi connectivity index (χ3v) is 6.07. The van der Waals surface area contributed by atoms with E-state index in [0.717, 1.165) is 27.6 Å². The van der Waals surface area contributed by atoms with Gasteiger partial charge in [-0.25, -0.2) is 14.6 Å². The molecule has 0 unspecified atom stereocenters. The van der Waals surface area contributed by atoms with Gasteiger partial charge in [-0.3, -0.25) is 4.79 Å². The molecular formula is C25H30N6O2S. The molecule has 0 radical (unpaired) electrons. The van der Waals surface area contributed by atoms with Crippen LogP contribution in [0.3, 0.4) is 0 Å². The number of aromatic nitrogens is 4. The van der Waals surface area contributed by atoms with Crippen LogP contribution >= 0.6 is 11.8 Å². The van der Waals surface area contributed by atoms with E-state index >= 15 is 0 Å². The zero-order chi connectivity index (χ0) is 23.9. The van der Waals surface area contributed by atoms with Crippen molar-refractivity contribution in [3.8, 4) is 0 Å². The number of nitrogens with zero attached hydrogens (tertiary/aromatic N) is 4. The Labute approximate surface area is 203 Å². The summed E-state index contributed by atoms with van der Waals surface area (Å²) in [6, 6.07) is 13.7. The van der Waals surface area contributed by atoms with Crippen LogP contribution in [-0.2, 0) is 11.3 Å². The quantitative estimate of drug-likeness (QED) is 0.188. The summed E-state index contributed by atoms with van der Waals surface area (Å²) in [5, 5.41) is 14.8. The van der Waals surface area contributed by atoms with Gasteiger partial charge in [-0.05, 0) is 23.8 Å². The SMILES string of the molecule is CCOCCNc1nc(SC(C)C)nc2c1cnn2CCNC(=O)c1cccc2ccccc12. The molecule has 2 N–H and O–H groups in total. The molecule has 8 nitrogen and oxygen atoms in total. The molecule has 178 valence electrons. The number of thioether (sulfide) groups is 1. The molecule has 4 rings (SSSR count). The number of ether oxygens (including phenoxy) is 1. The third kappa shape index (κ3) is 5.66. The van der Waals surface area contributed by atoms with Gasteiger partial charge in [0.1, 0.15) is 5.82 Å². The Bertz CT molecular complexity index is 1270. The van der Waals surface area contributed by atoms with Crippen molar-refractivity contribution in [3.63, 3.8) is 0 Å². The second-order valence-corrected chi connectivity index (χ2v) is 9.58. The molecule has 0 spiro atoms. The molecule has 0 atom stereocenters. The normalized spacial score (nSPS) is 11.4. The molecule has 9 heteroatoms. The van der Waals surface area contributed by atoms with Crippen LogP contribution in [0, 0.1) is 0 Å². The van der Waals surface area contributed by atoms with Crippen LogP contribution in [0.15, 0.2) is 53.8 Å². The predicted octanol–water partition coefficient (Wildman–Crippen LogP) is 4.36. The lowest BCUT2D eigenvalue weighted by molar-refractivity contribution is 0.0953. The molecular weight excluding hydrogens is 448 g/mol. The van der Waals surface area contributed by atoms with Gasteiger partial charge in [0, 0.05) is 30.5 Å². The highest BCUT2D eigenvalue weighted by Crippen LogP contribution is 2.26. The van der Waals surface area contributed by atoms with Crippen molar-refractivity contribution in [2.45, 2.75) is 37.7 Å². The Morgan fingerprint density at radius 1 is 1.09 bits per heavy atom. The summed E-state index contributed by atoms with van der Waals surface area (Å²) in [5.41, 5.74) is 1.42. The molecule has 0 aliphatic heterocycles. The first-order valence-electron chi connectivity index (χ1n) is 11.5. The number of amides is 1. The first-order chi connectivity index (χ1) is 16.6. The molecule has 0 bridgehead atoms. The van der Waals surface area contributed by atoms with Crippen molar-refractivity contribution < 1.29 is 9.53 Å². The van der Waals surface area contributed by atoms with Crippen molar-refractivity contribution in [2.24, 2.45) is 0 Å². The van der Waals surface area contributed by atoms with Gasteiger partial charge >= 0.3 is 0 Å². The monoisotopic (exact) mass is 478 g/mol. The van der Waals surface area contributed by atoms with Crippen molar-refractivity contribution in [1.29, 1.82) is 0 Å². The molecule has 0 aliphatic rings. The summed E-state index contributed by atoms with van der Waals surface area (Å²) >= 11 is 1.61. The zero-order valence-corrected chi connectivity index (χ0v) is 20.6. The molecule has 2 aromatic carbocycles. The molecule has 4 aromatic rings. The minimum atomic E-state index is -0.0998. The number of carbonyl (C=O) groups is 1. The van der Waals surface area contributed by atoms with Gasteiger partial charge in [0.2, 0.25) is 0 Å². The highest BCUT2D eigenvalue weighted by molar-refractivity contribution is 7.99. The minimum Gasteiger partial charge on any atom is -0.380 e. The molecule has 2 aromatic heterocycles. The van der Waals surface area contributed by atoms with Gasteiger partial charge in [-0.15, -0.1) is 0 Å². The fraction of sp³-hybridized carbons (Fsp3) is 0.360. The maximum Gasteiger partial charge on any atom is 0.251 e. The van der Waals surface area contributed by atoms with Gasteiger partial charge in [0.15, 0.2) is 10.8 Å². The van der Waals surface area contributed by atoms with Crippen LogP contribution in [-0.4, -0.2) is 57.2 Å². The Morgan fingerprint density at radius 2 is 1.91 bits per heavy atom. The zero-order valence-electron chi connectivity index (χ0n) is 19.7. The summed E-state index contributed by atoms with van der Waals surface area (Å²) in [6.07, 6.45) is 1.77. The Kier molecular flexibility index (Phi) is 7.97. The first-order valence-corrected chi connectivity index (χ1v) is 12.4. The molecule has 0 saturated carbocycles. The van der Waals surface area contributed by atoms with Crippen molar-refractivity contribution >= 4 is 45.3 Å². The molecule has 0 aliphatic carbocycles. The summed E-state index contributed by atoms with van der Waals surface area (Å²) in [5.74, 6) is 0.649. The number of rotatable bonds is 11. The second kappa shape index (κ2) is 11.3. The lowest BCUT2D eigenvalue weighted by atomic mass is 10.0. The van der Waals surface area contributed by atoms with Crippen LogP contribution in [0.5, 0.6) is 0 Å². The van der Waals surface area contributed by atoms with Gasteiger partial charge in [0.05, 0.1) is 24.7 Å². The summed E-state index contributed by atoms with van der Waals surface area (Å²) in [7, 11) is 0. The molecule has 1 amide bonds. The third-order valence-electron chi connectivity index (χ3n) is 5.20. The van der Waals surface area contributed by atoms with E-state index in [2.05, 4.69) is 29.6 Å². The number of carbonyl (C=O) groups excluding carboxylic acids is 1. The number of benzene rings is 2. The van der Waals surface area contributed by atoms with Gasteiger partial charge in [0.25, 0.3) is 5.91 Å². The Balaban J connectivity index is 1.49. The number of hydrogen-bond acceptors (Lipinski definition) is 7. The van der Waals surface area contributed by atoms with E-state index in [1.165, 1.54) is 0 Å². The van der Waals surface area contributed by atoms with E-state index in [1.807, 2.05) is 54.1 Å². The summed E-state index contributed by atoms with van der Waals surface area (Å²) in [6.45, 7) is 9.06. The highest BCUT2D eigenvalue weighted by atomic mass is 32.2. The minimum absolute atomic E-state index is 0.0998. The molecule has 0 fully saturated rings. The largest absolute Gasteiger partial charge is 0.380 e. The van der Waals surface area contributed by atoms with E-state index < -0.39 is 0 Å². The number of nitrogens with one attached hydrogen (secondary N) is 2. The molecule has 2 heterocycles. The van der Waals surface area contributed by atoms with Crippen LogP contribution in [0.2, 0.25) is 0 Å². The van der Waals surface area contributed by atoms with E-state index in [1.54, 1.807) is 18.0 Å². The van der Waals surface area contributed by atoms with Crippen LogP contribution < -0.4 is 10.6 Å². The standard InChI is InChI=1S/C25H30N6O2S/c1-4-33-15-13-26-22-21-16-28-31(23(21)30-25(29-22)34-17(2)3)14-12-27-24(32)20-11-7-9-18-8-5-6-10-19(18)20/h5-11,16-17H,4,12-15H2,1-3H3,(H,27,32)(H,26,29,30). The van der Waals surface area contributed by atoms with E-state index in [-0.39, 0.29) is 5.91 Å². The summed E-state index contributed by atoms with van der Waals surface area (Å²) < 4.78 is 7.25. The number of anilines is 1. The fourth-order valence-corrected chi connectivity index (χ4v) is 4.38. The fourth-order valence-electron chi connectivity index (χ4n) is 3.68. The highest BCUT2D eigenvalue weighted by Gasteiger charge is 2.15. The van der Waals surface area contributed by atoms with Crippen molar-refractivity contribution in [3.05, 3.63) is 54.2 Å². The summed E-state index contributed by atoms with van der Waals surface area (Å²) in [4.78, 5) is 22.3. The van der Waals surface area contributed by atoms with E-state index in [9.17, 15) is 4.79 Å². The van der Waals surface area contributed by atoms with Gasteiger partial charge in [-0.1, -0.05) is 62.0 Å². The maximum absolute atomic E-state index is 12.9. The van der Waals surface area contributed by atoms with E-state index in [0.29, 0.717) is 48.8 Å². The Morgan fingerprint density at radius 3 is 2.74 bits per heavy atom. The predicted molar refractivity (Wildman–Crippen MR) is 138 cm³/mol. The lowest BCUT2D eigenvalue weighted by Gasteiger charge is -2.11. The van der Waals surface area contributed by atoms with Crippen LogP contribution in [0.1, 0.15) is 31.1 Å². The van der Waals surface area contributed by atoms with Crippen LogP contribution in [0.25, 0.3) is 21.8 Å². The van der Waals surface area contributed by atoms with E-state index in [4.69, 9.17) is 14.7 Å². The van der Waals surface area contributed by atoms with Crippen molar-refractivity contribution in [2.75, 3.05) is 31.6 Å². The van der Waals surface area contributed by atoms with Crippen LogP contribution in [0.4, 0.5) is 5.82 Å². The topological polar surface area (TPSA) is 94.0 Å². The molecule has 34 heavy (non-hydrogen) atoms. The number of fused-ring (bicyclic) bond motifs is 2. The van der Waals surface area contributed by atoms with Gasteiger partial charge < -0.3 is 15.4 Å². The van der Waals surface area contributed by atoms with Gasteiger partial charge in [-0.2, -0.15) is 5.10 Å². The van der Waals surface area contributed by atoms with Crippen molar-refractivity contribution in [1.82, 2.24) is 25.1 Å². The lowest BCUT2D eigenvalue weighted by Crippen LogP contribution is -2.27. The Hall–Kier alpha value is -3.17. The molecule has 0 saturated heterocycles. The average Bonchev–Trinajstić information content (AvgIpc) is 3.24. The smallest absolute Gasteiger partial charge is 0.251 e. The number of hydrogen-bond donors (Lipinski definition) is 2. The average molecular weight is 479 g/mol. The second-order valence-electron chi connectivity index (χ2n) is 8.03.